The largest absolute Gasteiger partial charge is 0.486 e. The van der Waals surface area contributed by atoms with Gasteiger partial charge in [0, 0.05) is 42.9 Å². The van der Waals surface area contributed by atoms with Crippen LogP contribution < -0.4 is 10.1 Å². The number of aromatic nitrogens is 2. The second kappa shape index (κ2) is 12.2. The van der Waals surface area contributed by atoms with Gasteiger partial charge < -0.3 is 19.5 Å². The van der Waals surface area contributed by atoms with Crippen LogP contribution in [0, 0.1) is 30.4 Å². The quantitative estimate of drug-likeness (QED) is 0.150. The van der Waals surface area contributed by atoms with Crippen molar-refractivity contribution in [3.63, 3.8) is 0 Å². The van der Waals surface area contributed by atoms with Crippen LogP contribution in [0.25, 0.3) is 16.8 Å². The van der Waals surface area contributed by atoms with E-state index in [4.69, 9.17) is 32.5 Å². The van der Waals surface area contributed by atoms with Gasteiger partial charge in [0.25, 0.3) is 5.91 Å². The molecule has 7 rings (SSSR count). The van der Waals surface area contributed by atoms with Crippen LogP contribution in [-0.4, -0.2) is 40.1 Å². The summed E-state index contributed by atoms with van der Waals surface area (Å²) in [7, 11) is 0. The lowest BCUT2D eigenvalue weighted by Gasteiger charge is -2.27. The molecular weight excluding hydrogens is 621 g/mol. The minimum absolute atomic E-state index is 0.0257. The fraction of sp³-hybridized carbons (Fsp3) is 0.324. The first-order valence-electron chi connectivity index (χ1n) is 15.0. The maximum absolute atomic E-state index is 14.3. The van der Waals surface area contributed by atoms with Crippen molar-refractivity contribution in [3.8, 4) is 17.0 Å². The summed E-state index contributed by atoms with van der Waals surface area (Å²) in [5.41, 5.74) is 4.83. The van der Waals surface area contributed by atoms with Crippen LogP contribution in [0.4, 0.5) is 8.78 Å². The summed E-state index contributed by atoms with van der Waals surface area (Å²) in [5.74, 6) is 0.122. The number of fused-ring (bicyclic) bond motifs is 1. The zero-order valence-corrected chi connectivity index (χ0v) is 26.0. The summed E-state index contributed by atoms with van der Waals surface area (Å²) in [5, 5.41) is 7.43. The summed E-state index contributed by atoms with van der Waals surface area (Å²) >= 11 is 12.3. The van der Waals surface area contributed by atoms with Gasteiger partial charge in [-0.05, 0) is 91.2 Å². The summed E-state index contributed by atoms with van der Waals surface area (Å²) < 4.78 is 39.4. The average Bonchev–Trinajstić information content (AvgIpc) is 3.41. The fourth-order valence-corrected chi connectivity index (χ4v) is 6.85. The van der Waals surface area contributed by atoms with Gasteiger partial charge in [-0.25, -0.2) is 13.8 Å². The number of carbonyl (C=O) groups excluding carboxylic acids is 1. The Hall–Kier alpha value is -3.79. The van der Waals surface area contributed by atoms with Crippen LogP contribution in [0.3, 0.4) is 0 Å². The highest BCUT2D eigenvalue weighted by molar-refractivity contribution is 6.33. The molecule has 0 radical (unpaired) electrons. The Morgan fingerprint density at radius 2 is 1.87 bits per heavy atom. The summed E-state index contributed by atoms with van der Waals surface area (Å²) in [6, 6.07) is 13.3. The molecule has 1 aliphatic heterocycles. The second-order valence-corrected chi connectivity index (χ2v) is 12.6. The van der Waals surface area contributed by atoms with Gasteiger partial charge >= 0.3 is 0 Å². The number of ether oxygens (including phenoxy) is 1. The van der Waals surface area contributed by atoms with Crippen LogP contribution in [0.1, 0.15) is 41.7 Å². The molecule has 2 atom stereocenters. The van der Waals surface area contributed by atoms with Gasteiger partial charge in [-0.2, -0.15) is 0 Å². The van der Waals surface area contributed by atoms with E-state index in [1.165, 1.54) is 6.07 Å². The number of nitrogens with one attached hydrogen (secondary N) is 1. The number of pyridine rings is 1. The van der Waals surface area contributed by atoms with Crippen molar-refractivity contribution in [3.05, 3.63) is 105 Å². The maximum atomic E-state index is 14.3. The standard InChI is InChI=1S/C34H30Cl2F2N4O3/c1-18-20(10-11-40-33(18)36)16-42(22-4-5-22)34(43)30-25(12-21-14-39-15-26(21)30)19-2-6-23(7-3-19)44-17-24-13-29(41-45-24)31-27(37)8-9-28(38)32(31)35/h2-3,6-11,13,21-22,26,39H,4-5,12,14-17H2,1H3/t21-,26+/m0/s1. The third-order valence-corrected chi connectivity index (χ3v) is 9.77. The Labute approximate surface area is 269 Å². The number of benzene rings is 2. The lowest BCUT2D eigenvalue weighted by molar-refractivity contribution is -0.128. The van der Waals surface area contributed by atoms with Gasteiger partial charge in [-0.3, -0.25) is 4.79 Å². The fourth-order valence-electron chi connectivity index (χ4n) is 6.42. The van der Waals surface area contributed by atoms with Crippen molar-refractivity contribution in [2.45, 2.75) is 45.4 Å². The summed E-state index contributed by atoms with van der Waals surface area (Å²) in [4.78, 5) is 20.6. The van der Waals surface area contributed by atoms with E-state index in [0.29, 0.717) is 29.1 Å². The molecule has 3 heterocycles. The van der Waals surface area contributed by atoms with Crippen LogP contribution in [0.5, 0.6) is 5.75 Å². The van der Waals surface area contributed by atoms with E-state index < -0.39 is 11.6 Å². The van der Waals surface area contributed by atoms with Gasteiger partial charge in [0.05, 0.1) is 10.6 Å². The monoisotopic (exact) mass is 650 g/mol. The highest BCUT2D eigenvalue weighted by atomic mass is 35.5. The first-order valence-corrected chi connectivity index (χ1v) is 15.7. The van der Waals surface area contributed by atoms with Crippen molar-refractivity contribution in [2.24, 2.45) is 11.8 Å². The van der Waals surface area contributed by atoms with E-state index in [-0.39, 0.29) is 40.8 Å². The van der Waals surface area contributed by atoms with E-state index in [9.17, 15) is 13.6 Å². The van der Waals surface area contributed by atoms with E-state index in [0.717, 1.165) is 72.3 Å². The Morgan fingerprint density at radius 1 is 1.09 bits per heavy atom. The molecule has 1 saturated carbocycles. The van der Waals surface area contributed by atoms with Crippen LogP contribution in [0.15, 0.2) is 64.8 Å². The maximum Gasteiger partial charge on any atom is 0.250 e. The van der Waals surface area contributed by atoms with Crippen molar-refractivity contribution in [1.82, 2.24) is 20.4 Å². The lowest BCUT2D eigenvalue weighted by Crippen LogP contribution is -2.36. The molecule has 45 heavy (non-hydrogen) atoms. The first-order chi connectivity index (χ1) is 21.8. The molecule has 2 aliphatic carbocycles. The number of halogens is 4. The van der Waals surface area contributed by atoms with Crippen molar-refractivity contribution >= 4 is 34.7 Å². The molecule has 1 saturated heterocycles. The molecule has 3 aliphatic rings. The summed E-state index contributed by atoms with van der Waals surface area (Å²) in [6.07, 6.45) is 4.53. The zero-order valence-electron chi connectivity index (χ0n) is 24.5. The van der Waals surface area contributed by atoms with E-state index in [1.54, 1.807) is 6.20 Å². The number of rotatable bonds is 9. The number of allylic oxidation sites excluding steroid dienone is 1. The summed E-state index contributed by atoms with van der Waals surface area (Å²) in [6.45, 7) is 4.16. The molecule has 2 aromatic heterocycles. The normalized spacial score (nSPS) is 19.2. The highest BCUT2D eigenvalue weighted by Gasteiger charge is 2.45. The molecular formula is C34H30Cl2F2N4O3. The second-order valence-electron chi connectivity index (χ2n) is 11.9. The smallest absolute Gasteiger partial charge is 0.250 e. The molecule has 232 valence electrons. The number of amides is 1. The Kier molecular flexibility index (Phi) is 8.10. The van der Waals surface area contributed by atoms with Crippen LogP contribution in [0.2, 0.25) is 10.2 Å². The number of hydrogen-bond donors (Lipinski definition) is 1. The molecule has 2 fully saturated rings. The topological polar surface area (TPSA) is 80.5 Å². The van der Waals surface area contributed by atoms with Crippen molar-refractivity contribution in [2.75, 3.05) is 13.1 Å². The average molecular weight is 652 g/mol. The highest BCUT2D eigenvalue weighted by Crippen LogP contribution is 2.46. The molecule has 0 spiro atoms. The Bertz CT molecular complexity index is 1810. The van der Waals surface area contributed by atoms with Crippen LogP contribution in [-0.2, 0) is 17.9 Å². The number of nitrogens with zero attached hydrogens (tertiary/aromatic N) is 3. The third-order valence-electron chi connectivity index (χ3n) is 9.02. The molecule has 0 bridgehead atoms. The zero-order chi connectivity index (χ0) is 31.2. The molecule has 4 aromatic rings. The predicted molar refractivity (Wildman–Crippen MR) is 167 cm³/mol. The first kappa shape index (κ1) is 29.9. The molecule has 1 amide bonds. The van der Waals surface area contributed by atoms with Crippen LogP contribution >= 0.6 is 23.2 Å². The van der Waals surface area contributed by atoms with Gasteiger partial charge in [0.1, 0.15) is 34.8 Å². The van der Waals surface area contributed by atoms with E-state index in [1.807, 2.05) is 42.2 Å². The molecule has 11 heteroatoms. The molecule has 0 unspecified atom stereocenters. The predicted octanol–water partition coefficient (Wildman–Crippen LogP) is 7.39. The molecule has 1 N–H and O–H groups in total. The molecule has 7 nitrogen and oxygen atoms in total. The van der Waals surface area contributed by atoms with Crippen molar-refractivity contribution in [1.29, 1.82) is 0 Å². The van der Waals surface area contributed by atoms with Gasteiger partial charge in [-0.1, -0.05) is 40.5 Å². The Balaban J connectivity index is 1.10. The van der Waals surface area contributed by atoms with Gasteiger partial charge in [0.15, 0.2) is 5.76 Å². The minimum Gasteiger partial charge on any atom is -0.486 e. The van der Waals surface area contributed by atoms with E-state index in [2.05, 4.69) is 15.5 Å². The number of carbonyl (C=O) groups is 1. The number of hydrogen-bond acceptors (Lipinski definition) is 6. The van der Waals surface area contributed by atoms with Gasteiger partial charge in [0.2, 0.25) is 0 Å². The van der Waals surface area contributed by atoms with Gasteiger partial charge in [-0.15, -0.1) is 0 Å². The lowest BCUT2D eigenvalue weighted by atomic mass is 9.93. The SMILES string of the molecule is Cc1c(CN(C(=O)C2=C(c3ccc(OCc4cc(-c5c(F)ccc(F)c5Cl)no4)cc3)C[C@H]3CNC[C@@H]23)C2CC2)ccnc1Cl. The minimum atomic E-state index is -0.745. The molecule has 2 aromatic carbocycles. The van der Waals surface area contributed by atoms with E-state index >= 15 is 0 Å². The van der Waals surface area contributed by atoms with Crippen molar-refractivity contribution < 1.29 is 22.8 Å². The third kappa shape index (κ3) is 5.85. The Morgan fingerprint density at radius 3 is 2.64 bits per heavy atom.